The van der Waals surface area contributed by atoms with Crippen molar-refractivity contribution in [2.75, 3.05) is 13.2 Å². The standard InChI is InChI=1S/C17H20N2O2/c1-19-11-5-8-15(19)16(20)18-17(9-12-21-13-10-17)14-6-3-2-4-7-14/h2-8,11H,9-10,12-13H2,1H3,(H,18,20). The molecule has 2 heterocycles. The van der Waals surface area contributed by atoms with E-state index >= 15 is 0 Å². The summed E-state index contributed by atoms with van der Waals surface area (Å²) in [5.41, 5.74) is 1.49. The number of benzene rings is 1. The number of hydrogen-bond acceptors (Lipinski definition) is 2. The summed E-state index contributed by atoms with van der Waals surface area (Å²) in [4.78, 5) is 12.6. The second-order valence-electron chi connectivity index (χ2n) is 5.52. The van der Waals surface area contributed by atoms with Crippen molar-refractivity contribution in [2.24, 2.45) is 7.05 Å². The van der Waals surface area contributed by atoms with Gasteiger partial charge in [-0.05, 0) is 30.5 Å². The van der Waals surface area contributed by atoms with E-state index < -0.39 is 0 Å². The molecule has 1 aromatic heterocycles. The predicted molar refractivity (Wildman–Crippen MR) is 81.1 cm³/mol. The topological polar surface area (TPSA) is 43.3 Å². The van der Waals surface area contributed by atoms with Crippen LogP contribution in [-0.4, -0.2) is 23.7 Å². The first-order chi connectivity index (χ1) is 10.2. The van der Waals surface area contributed by atoms with Gasteiger partial charge in [-0.1, -0.05) is 30.3 Å². The molecule has 21 heavy (non-hydrogen) atoms. The summed E-state index contributed by atoms with van der Waals surface area (Å²) < 4.78 is 7.33. The average Bonchev–Trinajstić information content (AvgIpc) is 2.95. The molecule has 1 aliphatic rings. The van der Waals surface area contributed by atoms with Crippen molar-refractivity contribution >= 4 is 5.91 Å². The maximum absolute atomic E-state index is 12.6. The van der Waals surface area contributed by atoms with Crippen LogP contribution in [0.3, 0.4) is 0 Å². The van der Waals surface area contributed by atoms with Gasteiger partial charge in [-0.25, -0.2) is 0 Å². The largest absolute Gasteiger partial charge is 0.381 e. The van der Waals surface area contributed by atoms with Gasteiger partial charge >= 0.3 is 0 Å². The number of rotatable bonds is 3. The number of carbonyl (C=O) groups is 1. The van der Waals surface area contributed by atoms with E-state index in [-0.39, 0.29) is 11.4 Å². The number of nitrogens with zero attached hydrogens (tertiary/aromatic N) is 1. The van der Waals surface area contributed by atoms with Crippen LogP contribution in [0.15, 0.2) is 48.7 Å². The number of amides is 1. The van der Waals surface area contributed by atoms with Crippen molar-refractivity contribution in [1.82, 2.24) is 9.88 Å². The van der Waals surface area contributed by atoms with E-state index in [1.807, 2.05) is 48.1 Å². The van der Waals surface area contributed by atoms with Crippen LogP contribution >= 0.6 is 0 Å². The molecule has 3 rings (SSSR count). The van der Waals surface area contributed by atoms with Gasteiger partial charge in [-0.2, -0.15) is 0 Å². The zero-order valence-electron chi connectivity index (χ0n) is 12.2. The van der Waals surface area contributed by atoms with Gasteiger partial charge in [-0.15, -0.1) is 0 Å². The Morgan fingerprint density at radius 3 is 2.48 bits per heavy atom. The summed E-state index contributed by atoms with van der Waals surface area (Å²) in [5.74, 6) is -0.0340. The monoisotopic (exact) mass is 284 g/mol. The normalized spacial score (nSPS) is 17.4. The summed E-state index contributed by atoms with van der Waals surface area (Å²) in [6.45, 7) is 1.34. The Hall–Kier alpha value is -2.07. The summed E-state index contributed by atoms with van der Waals surface area (Å²) in [5, 5.41) is 3.25. The lowest BCUT2D eigenvalue weighted by Gasteiger charge is -2.38. The number of nitrogens with one attached hydrogen (secondary N) is 1. The van der Waals surface area contributed by atoms with Crippen LogP contribution in [0.5, 0.6) is 0 Å². The van der Waals surface area contributed by atoms with Crippen molar-refractivity contribution in [1.29, 1.82) is 0 Å². The van der Waals surface area contributed by atoms with Gasteiger partial charge in [0.2, 0.25) is 0 Å². The SMILES string of the molecule is Cn1cccc1C(=O)NC1(c2ccccc2)CCOCC1. The average molecular weight is 284 g/mol. The third kappa shape index (κ3) is 2.72. The lowest BCUT2D eigenvalue weighted by molar-refractivity contribution is 0.0343. The predicted octanol–water partition coefficient (Wildman–Crippen LogP) is 2.46. The highest BCUT2D eigenvalue weighted by molar-refractivity contribution is 5.93. The molecular formula is C17H20N2O2. The highest BCUT2D eigenvalue weighted by Crippen LogP contribution is 2.32. The molecule has 0 saturated carbocycles. The third-order valence-corrected chi connectivity index (χ3v) is 4.20. The molecule has 0 bridgehead atoms. The molecule has 1 aromatic carbocycles. The van der Waals surface area contributed by atoms with Crippen LogP contribution in [0.1, 0.15) is 28.9 Å². The molecule has 1 amide bonds. The van der Waals surface area contributed by atoms with Crippen molar-refractivity contribution in [3.63, 3.8) is 0 Å². The van der Waals surface area contributed by atoms with Gasteiger partial charge in [0.15, 0.2) is 0 Å². The fraction of sp³-hybridized carbons (Fsp3) is 0.353. The molecule has 1 fully saturated rings. The number of aromatic nitrogens is 1. The van der Waals surface area contributed by atoms with Crippen LogP contribution in [-0.2, 0) is 17.3 Å². The summed E-state index contributed by atoms with van der Waals surface area (Å²) in [7, 11) is 1.88. The highest BCUT2D eigenvalue weighted by atomic mass is 16.5. The summed E-state index contributed by atoms with van der Waals surface area (Å²) >= 11 is 0. The van der Waals surface area contributed by atoms with E-state index in [1.165, 1.54) is 0 Å². The maximum atomic E-state index is 12.6. The number of ether oxygens (including phenoxy) is 1. The minimum Gasteiger partial charge on any atom is -0.381 e. The molecule has 4 nitrogen and oxygen atoms in total. The number of aryl methyl sites for hydroxylation is 1. The van der Waals surface area contributed by atoms with Crippen molar-refractivity contribution in [2.45, 2.75) is 18.4 Å². The van der Waals surface area contributed by atoms with Crippen LogP contribution < -0.4 is 5.32 Å². The fourth-order valence-electron chi connectivity index (χ4n) is 2.94. The number of carbonyl (C=O) groups excluding carboxylic acids is 1. The molecule has 1 N–H and O–H groups in total. The summed E-state index contributed by atoms with van der Waals surface area (Å²) in [6.07, 6.45) is 3.48. The van der Waals surface area contributed by atoms with Gasteiger partial charge in [-0.3, -0.25) is 4.79 Å². The van der Waals surface area contributed by atoms with Gasteiger partial charge < -0.3 is 14.6 Å². The van der Waals surface area contributed by atoms with Crippen LogP contribution in [0, 0.1) is 0 Å². The number of hydrogen-bond donors (Lipinski definition) is 1. The molecule has 0 atom stereocenters. The molecule has 110 valence electrons. The van der Waals surface area contributed by atoms with Gasteiger partial charge in [0.05, 0.1) is 5.54 Å². The molecule has 0 radical (unpaired) electrons. The van der Waals surface area contributed by atoms with Crippen LogP contribution in [0.2, 0.25) is 0 Å². The molecule has 2 aromatic rings. The van der Waals surface area contributed by atoms with E-state index in [4.69, 9.17) is 4.74 Å². The molecule has 0 spiro atoms. The zero-order chi connectivity index (χ0) is 14.7. The van der Waals surface area contributed by atoms with E-state index in [0.29, 0.717) is 18.9 Å². The second-order valence-corrected chi connectivity index (χ2v) is 5.52. The van der Waals surface area contributed by atoms with Crippen molar-refractivity contribution < 1.29 is 9.53 Å². The Morgan fingerprint density at radius 1 is 1.14 bits per heavy atom. The quantitative estimate of drug-likeness (QED) is 0.941. The fourth-order valence-corrected chi connectivity index (χ4v) is 2.94. The van der Waals surface area contributed by atoms with Crippen LogP contribution in [0.25, 0.3) is 0 Å². The zero-order valence-corrected chi connectivity index (χ0v) is 12.2. The first-order valence-corrected chi connectivity index (χ1v) is 7.28. The Labute approximate surface area is 124 Å². The smallest absolute Gasteiger partial charge is 0.268 e. The third-order valence-electron chi connectivity index (χ3n) is 4.20. The molecular weight excluding hydrogens is 264 g/mol. The van der Waals surface area contributed by atoms with E-state index in [9.17, 15) is 4.79 Å². The van der Waals surface area contributed by atoms with E-state index in [1.54, 1.807) is 0 Å². The second kappa shape index (κ2) is 5.74. The summed E-state index contributed by atoms with van der Waals surface area (Å²) in [6, 6.07) is 13.9. The Balaban J connectivity index is 1.90. The molecule has 1 saturated heterocycles. The van der Waals surface area contributed by atoms with Gasteiger partial charge in [0.25, 0.3) is 5.91 Å². The van der Waals surface area contributed by atoms with E-state index in [2.05, 4.69) is 17.4 Å². The van der Waals surface area contributed by atoms with E-state index in [0.717, 1.165) is 18.4 Å². The van der Waals surface area contributed by atoms with Crippen molar-refractivity contribution in [3.05, 3.63) is 59.9 Å². The van der Waals surface area contributed by atoms with Gasteiger partial charge in [0.1, 0.15) is 5.69 Å². The molecule has 0 aliphatic carbocycles. The Morgan fingerprint density at radius 2 is 1.86 bits per heavy atom. The molecule has 4 heteroatoms. The van der Waals surface area contributed by atoms with Crippen molar-refractivity contribution in [3.8, 4) is 0 Å². The minimum absolute atomic E-state index is 0.0340. The lowest BCUT2D eigenvalue weighted by Crippen LogP contribution is -2.49. The lowest BCUT2D eigenvalue weighted by atomic mass is 9.82. The Kier molecular flexibility index (Phi) is 3.80. The maximum Gasteiger partial charge on any atom is 0.268 e. The van der Waals surface area contributed by atoms with Gasteiger partial charge in [0, 0.05) is 26.5 Å². The first kappa shape index (κ1) is 13.9. The highest BCUT2D eigenvalue weighted by Gasteiger charge is 2.36. The minimum atomic E-state index is -0.332. The molecule has 0 unspecified atom stereocenters. The van der Waals surface area contributed by atoms with Crippen LogP contribution in [0.4, 0.5) is 0 Å². The first-order valence-electron chi connectivity index (χ1n) is 7.28. The molecule has 1 aliphatic heterocycles. The Bertz CT molecular complexity index is 613.